The lowest BCUT2D eigenvalue weighted by Gasteiger charge is -2.10. The molecule has 5 heteroatoms. The third-order valence-electron chi connectivity index (χ3n) is 3.44. The van der Waals surface area contributed by atoms with Crippen LogP contribution in [0.4, 0.5) is 0 Å². The van der Waals surface area contributed by atoms with Gasteiger partial charge in [0.05, 0.1) is 13.2 Å². The smallest absolute Gasteiger partial charge is 0.339 e. The Balaban J connectivity index is 2.31. The second-order valence-electron chi connectivity index (χ2n) is 5.39. The fraction of sp³-hybridized carbons (Fsp3) is 0.412. The van der Waals surface area contributed by atoms with Crippen molar-refractivity contribution in [1.82, 2.24) is 0 Å². The van der Waals surface area contributed by atoms with Crippen molar-refractivity contribution < 1.29 is 18.7 Å². The molecular formula is C17H20O5. The van der Waals surface area contributed by atoms with Gasteiger partial charge in [-0.3, -0.25) is 4.79 Å². The maximum atomic E-state index is 12.1. The van der Waals surface area contributed by atoms with E-state index in [-0.39, 0.29) is 18.5 Å². The first-order valence-electron chi connectivity index (χ1n) is 7.22. The second-order valence-corrected chi connectivity index (χ2v) is 5.39. The van der Waals surface area contributed by atoms with Crippen LogP contribution in [0.5, 0.6) is 5.75 Å². The summed E-state index contributed by atoms with van der Waals surface area (Å²) in [6.07, 6.45) is 0.307. The van der Waals surface area contributed by atoms with Gasteiger partial charge in [-0.05, 0) is 44.9 Å². The van der Waals surface area contributed by atoms with E-state index in [1.807, 2.05) is 19.1 Å². The Morgan fingerprint density at radius 3 is 2.68 bits per heavy atom. The molecule has 1 aromatic heterocycles. The monoisotopic (exact) mass is 304 g/mol. The van der Waals surface area contributed by atoms with Crippen molar-refractivity contribution in [2.75, 3.05) is 7.11 Å². The first-order chi connectivity index (χ1) is 10.4. The van der Waals surface area contributed by atoms with Crippen LogP contribution in [0.1, 0.15) is 31.4 Å². The van der Waals surface area contributed by atoms with Crippen LogP contribution in [-0.2, 0) is 16.0 Å². The first kappa shape index (κ1) is 16.1. The Morgan fingerprint density at radius 1 is 1.32 bits per heavy atom. The lowest BCUT2D eigenvalue weighted by Crippen LogP contribution is -2.16. The summed E-state index contributed by atoms with van der Waals surface area (Å²) in [5.41, 5.74) is 1.40. The van der Waals surface area contributed by atoms with Crippen LogP contribution in [0, 0.1) is 6.92 Å². The molecule has 0 fully saturated rings. The van der Waals surface area contributed by atoms with E-state index in [1.165, 1.54) is 0 Å². The standard InChI is InChI=1S/C17H20O5/c1-10(2)21-16(18)8-7-14-11(3)13-6-5-12(20-4)9-15(13)22-17(14)19/h5-6,9-10H,7-8H2,1-4H3. The van der Waals surface area contributed by atoms with E-state index in [9.17, 15) is 9.59 Å². The Labute approximate surface area is 128 Å². The third-order valence-corrected chi connectivity index (χ3v) is 3.44. The highest BCUT2D eigenvalue weighted by Gasteiger charge is 2.14. The molecule has 22 heavy (non-hydrogen) atoms. The minimum atomic E-state index is -0.421. The number of aryl methyl sites for hydroxylation is 1. The van der Waals surface area contributed by atoms with E-state index >= 15 is 0 Å². The summed E-state index contributed by atoms with van der Waals surface area (Å²) >= 11 is 0. The molecule has 1 aromatic carbocycles. The van der Waals surface area contributed by atoms with E-state index in [0.717, 1.165) is 10.9 Å². The zero-order valence-electron chi connectivity index (χ0n) is 13.3. The lowest BCUT2D eigenvalue weighted by molar-refractivity contribution is -0.147. The summed E-state index contributed by atoms with van der Waals surface area (Å²) in [5, 5.41) is 0.840. The highest BCUT2D eigenvalue weighted by molar-refractivity contribution is 5.82. The Hall–Kier alpha value is -2.30. The molecule has 0 radical (unpaired) electrons. The highest BCUT2D eigenvalue weighted by atomic mass is 16.5. The molecule has 0 aliphatic carbocycles. The van der Waals surface area contributed by atoms with Crippen LogP contribution >= 0.6 is 0 Å². The van der Waals surface area contributed by atoms with Crippen LogP contribution in [0.2, 0.25) is 0 Å². The van der Waals surface area contributed by atoms with Gasteiger partial charge >= 0.3 is 11.6 Å². The zero-order chi connectivity index (χ0) is 16.3. The van der Waals surface area contributed by atoms with Gasteiger partial charge in [0.1, 0.15) is 11.3 Å². The summed E-state index contributed by atoms with van der Waals surface area (Å²) in [4.78, 5) is 23.8. The van der Waals surface area contributed by atoms with Crippen molar-refractivity contribution in [3.8, 4) is 5.75 Å². The second kappa shape index (κ2) is 6.64. The molecule has 0 amide bonds. The van der Waals surface area contributed by atoms with Crippen molar-refractivity contribution in [3.63, 3.8) is 0 Å². The molecule has 0 unspecified atom stereocenters. The number of benzene rings is 1. The van der Waals surface area contributed by atoms with Gasteiger partial charge in [0, 0.05) is 23.4 Å². The number of methoxy groups -OCH3 is 1. The highest BCUT2D eigenvalue weighted by Crippen LogP contribution is 2.24. The molecule has 5 nitrogen and oxygen atoms in total. The van der Waals surface area contributed by atoms with Gasteiger partial charge in [-0.25, -0.2) is 4.79 Å². The quantitative estimate of drug-likeness (QED) is 0.627. The van der Waals surface area contributed by atoms with E-state index < -0.39 is 5.63 Å². The average Bonchev–Trinajstić information content (AvgIpc) is 2.45. The average molecular weight is 304 g/mol. The molecule has 0 saturated carbocycles. The Bertz CT molecular complexity index is 743. The van der Waals surface area contributed by atoms with Crippen molar-refractivity contribution >= 4 is 16.9 Å². The lowest BCUT2D eigenvalue weighted by atomic mass is 10.0. The predicted octanol–water partition coefficient (Wildman–Crippen LogP) is 2.99. The maximum Gasteiger partial charge on any atom is 0.339 e. The van der Waals surface area contributed by atoms with Crippen LogP contribution < -0.4 is 10.4 Å². The van der Waals surface area contributed by atoms with Gasteiger partial charge in [-0.2, -0.15) is 0 Å². The molecule has 0 spiro atoms. The van der Waals surface area contributed by atoms with E-state index in [0.29, 0.717) is 23.3 Å². The van der Waals surface area contributed by atoms with Gasteiger partial charge < -0.3 is 13.9 Å². The van der Waals surface area contributed by atoms with Crippen LogP contribution in [0.15, 0.2) is 27.4 Å². The number of esters is 1. The minimum Gasteiger partial charge on any atom is -0.497 e. The van der Waals surface area contributed by atoms with Gasteiger partial charge in [0.2, 0.25) is 0 Å². The number of hydrogen-bond donors (Lipinski definition) is 0. The van der Waals surface area contributed by atoms with Gasteiger partial charge in [0.15, 0.2) is 0 Å². The molecular weight excluding hydrogens is 284 g/mol. The van der Waals surface area contributed by atoms with E-state index in [2.05, 4.69) is 0 Å². The molecule has 0 saturated heterocycles. The van der Waals surface area contributed by atoms with Gasteiger partial charge in [-0.1, -0.05) is 0 Å². The minimum absolute atomic E-state index is 0.158. The topological polar surface area (TPSA) is 65.7 Å². The molecule has 118 valence electrons. The maximum absolute atomic E-state index is 12.1. The van der Waals surface area contributed by atoms with Crippen molar-refractivity contribution in [2.45, 2.75) is 39.7 Å². The number of hydrogen-bond acceptors (Lipinski definition) is 5. The molecule has 0 atom stereocenters. The number of ether oxygens (including phenoxy) is 2. The number of rotatable bonds is 5. The van der Waals surface area contributed by atoms with Gasteiger partial charge in [-0.15, -0.1) is 0 Å². The van der Waals surface area contributed by atoms with Crippen molar-refractivity contribution in [1.29, 1.82) is 0 Å². The summed E-state index contributed by atoms with van der Waals surface area (Å²) in [5.74, 6) is 0.312. The Morgan fingerprint density at radius 2 is 2.05 bits per heavy atom. The first-order valence-corrected chi connectivity index (χ1v) is 7.22. The zero-order valence-corrected chi connectivity index (χ0v) is 13.3. The summed E-state index contributed by atoms with van der Waals surface area (Å²) in [6.45, 7) is 5.44. The molecule has 2 rings (SSSR count). The number of carbonyl (C=O) groups excluding carboxylic acids is 1. The van der Waals surface area contributed by atoms with Crippen molar-refractivity contribution in [2.24, 2.45) is 0 Å². The van der Waals surface area contributed by atoms with E-state index in [4.69, 9.17) is 13.9 Å². The third kappa shape index (κ3) is 3.47. The molecule has 0 aliphatic rings. The summed E-state index contributed by atoms with van der Waals surface area (Å²) in [7, 11) is 1.56. The molecule has 0 N–H and O–H groups in total. The normalized spacial score (nSPS) is 11.0. The van der Waals surface area contributed by atoms with Crippen LogP contribution in [-0.4, -0.2) is 19.2 Å². The fourth-order valence-corrected chi connectivity index (χ4v) is 2.34. The number of carbonyl (C=O) groups is 1. The molecule has 1 heterocycles. The largest absolute Gasteiger partial charge is 0.497 e. The van der Waals surface area contributed by atoms with Crippen LogP contribution in [0.25, 0.3) is 11.0 Å². The molecule has 0 aliphatic heterocycles. The van der Waals surface area contributed by atoms with Crippen LogP contribution in [0.3, 0.4) is 0 Å². The van der Waals surface area contributed by atoms with E-state index in [1.54, 1.807) is 27.0 Å². The SMILES string of the molecule is COc1ccc2c(C)c(CCC(=O)OC(C)C)c(=O)oc2c1. The molecule has 0 bridgehead atoms. The van der Waals surface area contributed by atoms with Gasteiger partial charge in [0.25, 0.3) is 0 Å². The molecule has 2 aromatic rings. The summed E-state index contributed by atoms with van der Waals surface area (Å²) in [6, 6.07) is 5.34. The van der Waals surface area contributed by atoms with Crippen molar-refractivity contribution in [3.05, 3.63) is 39.7 Å². The summed E-state index contributed by atoms with van der Waals surface area (Å²) < 4.78 is 15.5. The fourth-order valence-electron chi connectivity index (χ4n) is 2.34. The number of fused-ring (bicyclic) bond motifs is 1. The predicted molar refractivity (Wildman–Crippen MR) is 83.3 cm³/mol. The Kier molecular flexibility index (Phi) is 4.85.